The molecule has 88 valence electrons. The highest BCUT2D eigenvalue weighted by molar-refractivity contribution is 9.10. The number of aromatic nitrogens is 1. The Morgan fingerprint density at radius 3 is 2.67 bits per heavy atom. The predicted molar refractivity (Wildman–Crippen MR) is 77.1 cm³/mol. The lowest BCUT2D eigenvalue weighted by atomic mass is 10.2. The Kier molecular flexibility index (Phi) is 2.99. The average Bonchev–Trinajstić information content (AvgIpc) is 2.79. The van der Waals surface area contributed by atoms with E-state index in [2.05, 4.69) is 20.9 Å². The van der Waals surface area contributed by atoms with E-state index >= 15 is 0 Å². The summed E-state index contributed by atoms with van der Waals surface area (Å²) in [4.78, 5) is 4.41. The number of oxazole rings is 1. The largest absolute Gasteiger partial charge is 0.437 e. The van der Waals surface area contributed by atoms with Crippen LogP contribution in [0.1, 0.15) is 11.5 Å². The van der Waals surface area contributed by atoms with Gasteiger partial charge < -0.3 is 4.42 Å². The summed E-state index contributed by atoms with van der Waals surface area (Å²) >= 11 is 3.42. The van der Waals surface area contributed by atoms with Gasteiger partial charge in [-0.1, -0.05) is 46.3 Å². The van der Waals surface area contributed by atoms with Crippen LogP contribution in [0.4, 0.5) is 0 Å². The van der Waals surface area contributed by atoms with Gasteiger partial charge >= 0.3 is 0 Å². The molecule has 18 heavy (non-hydrogen) atoms. The van der Waals surface area contributed by atoms with Crippen LogP contribution < -0.4 is 0 Å². The predicted octanol–water partition coefficient (Wildman–Crippen LogP) is 4.76. The molecule has 3 aromatic rings. The summed E-state index contributed by atoms with van der Waals surface area (Å²) in [5.41, 5.74) is 2.78. The first-order valence-corrected chi connectivity index (χ1v) is 6.40. The molecular formula is C15H10BrNO. The minimum atomic E-state index is 0.618. The highest BCUT2D eigenvalue weighted by atomic mass is 79.9. The maximum Gasteiger partial charge on any atom is 0.220 e. The molecule has 1 heterocycles. The third-order valence-corrected chi connectivity index (χ3v) is 3.08. The van der Waals surface area contributed by atoms with Crippen LogP contribution in [0.2, 0.25) is 0 Å². The Bertz CT molecular complexity index is 701. The standard InChI is InChI=1S/C15H10BrNO/c16-12-7-8-14-13(10-12)17-15(18-14)9-6-11-4-2-1-3-5-11/h1-10H. The van der Waals surface area contributed by atoms with E-state index in [1.165, 1.54) is 0 Å². The van der Waals surface area contributed by atoms with Gasteiger partial charge in [0.15, 0.2) is 5.58 Å². The van der Waals surface area contributed by atoms with E-state index in [1.807, 2.05) is 60.7 Å². The normalized spacial score (nSPS) is 11.4. The second-order valence-corrected chi connectivity index (χ2v) is 4.82. The average molecular weight is 300 g/mol. The van der Waals surface area contributed by atoms with Crippen molar-refractivity contribution in [3.63, 3.8) is 0 Å². The first kappa shape index (κ1) is 11.2. The monoisotopic (exact) mass is 299 g/mol. The van der Waals surface area contributed by atoms with Crippen LogP contribution in [0, 0.1) is 0 Å². The second kappa shape index (κ2) is 4.78. The Balaban J connectivity index is 1.93. The Morgan fingerprint density at radius 2 is 1.83 bits per heavy atom. The molecular weight excluding hydrogens is 290 g/mol. The maximum absolute atomic E-state index is 5.63. The van der Waals surface area contributed by atoms with E-state index in [1.54, 1.807) is 0 Å². The smallest absolute Gasteiger partial charge is 0.220 e. The summed E-state index contributed by atoms with van der Waals surface area (Å²) in [5, 5.41) is 0. The lowest BCUT2D eigenvalue weighted by molar-refractivity contribution is 0.589. The van der Waals surface area contributed by atoms with Gasteiger partial charge in [0.25, 0.3) is 0 Å². The number of halogens is 1. The molecule has 0 atom stereocenters. The summed E-state index contributed by atoms with van der Waals surface area (Å²) in [5.74, 6) is 0.618. The van der Waals surface area contributed by atoms with Gasteiger partial charge in [0.1, 0.15) is 5.52 Å². The fourth-order valence-electron chi connectivity index (χ4n) is 1.72. The van der Waals surface area contributed by atoms with Crippen molar-refractivity contribution < 1.29 is 4.42 Å². The number of hydrogen-bond donors (Lipinski definition) is 0. The van der Waals surface area contributed by atoms with Crippen LogP contribution >= 0.6 is 15.9 Å². The highest BCUT2D eigenvalue weighted by Crippen LogP contribution is 2.21. The lowest BCUT2D eigenvalue weighted by Gasteiger charge is -1.88. The van der Waals surface area contributed by atoms with Gasteiger partial charge in [-0.25, -0.2) is 4.98 Å². The molecule has 3 rings (SSSR count). The fraction of sp³-hybridized carbons (Fsp3) is 0. The van der Waals surface area contributed by atoms with Crippen molar-refractivity contribution in [3.8, 4) is 0 Å². The third-order valence-electron chi connectivity index (χ3n) is 2.58. The summed E-state index contributed by atoms with van der Waals surface area (Å²) in [6.45, 7) is 0. The van der Waals surface area contributed by atoms with E-state index in [4.69, 9.17) is 4.42 Å². The van der Waals surface area contributed by atoms with Crippen molar-refractivity contribution in [2.24, 2.45) is 0 Å². The van der Waals surface area contributed by atoms with Gasteiger partial charge in [-0.15, -0.1) is 0 Å². The zero-order valence-electron chi connectivity index (χ0n) is 9.51. The van der Waals surface area contributed by atoms with Crippen molar-refractivity contribution in [3.05, 3.63) is 64.5 Å². The molecule has 0 aliphatic rings. The number of nitrogens with zero attached hydrogens (tertiary/aromatic N) is 1. The van der Waals surface area contributed by atoms with Crippen LogP contribution in [0.3, 0.4) is 0 Å². The van der Waals surface area contributed by atoms with Crippen molar-refractivity contribution in [1.29, 1.82) is 0 Å². The Labute approximate surface area is 113 Å². The molecule has 0 saturated carbocycles. The molecule has 0 saturated heterocycles. The number of rotatable bonds is 2. The van der Waals surface area contributed by atoms with Crippen molar-refractivity contribution in [2.45, 2.75) is 0 Å². The minimum Gasteiger partial charge on any atom is -0.437 e. The maximum atomic E-state index is 5.63. The Morgan fingerprint density at radius 1 is 1.00 bits per heavy atom. The molecule has 3 heteroatoms. The number of fused-ring (bicyclic) bond motifs is 1. The third kappa shape index (κ3) is 2.36. The molecule has 0 bridgehead atoms. The molecule has 2 nitrogen and oxygen atoms in total. The summed E-state index contributed by atoms with van der Waals surface area (Å²) in [7, 11) is 0. The lowest BCUT2D eigenvalue weighted by Crippen LogP contribution is -1.71. The summed E-state index contributed by atoms with van der Waals surface area (Å²) in [6.07, 6.45) is 3.86. The van der Waals surface area contributed by atoms with Crippen LogP contribution in [0.15, 0.2) is 57.4 Å². The van der Waals surface area contributed by atoms with E-state index in [0.717, 1.165) is 21.1 Å². The first-order valence-electron chi connectivity index (χ1n) is 5.60. The van der Waals surface area contributed by atoms with Gasteiger partial charge in [0.05, 0.1) is 0 Å². The summed E-state index contributed by atoms with van der Waals surface area (Å²) < 4.78 is 6.63. The fourth-order valence-corrected chi connectivity index (χ4v) is 2.07. The molecule has 0 amide bonds. The molecule has 0 N–H and O–H groups in total. The number of hydrogen-bond acceptors (Lipinski definition) is 2. The molecule has 1 aromatic heterocycles. The Hall–Kier alpha value is -1.87. The van der Waals surface area contributed by atoms with Crippen LogP contribution in [-0.2, 0) is 0 Å². The van der Waals surface area contributed by atoms with Crippen LogP contribution in [0.5, 0.6) is 0 Å². The molecule has 0 radical (unpaired) electrons. The van der Waals surface area contributed by atoms with Gasteiger partial charge in [-0.05, 0) is 29.8 Å². The van der Waals surface area contributed by atoms with E-state index in [9.17, 15) is 0 Å². The minimum absolute atomic E-state index is 0.618. The topological polar surface area (TPSA) is 26.0 Å². The number of benzene rings is 2. The van der Waals surface area contributed by atoms with E-state index in [0.29, 0.717) is 5.89 Å². The van der Waals surface area contributed by atoms with Gasteiger partial charge in [0, 0.05) is 10.5 Å². The second-order valence-electron chi connectivity index (χ2n) is 3.91. The zero-order valence-corrected chi connectivity index (χ0v) is 11.1. The quantitative estimate of drug-likeness (QED) is 0.682. The SMILES string of the molecule is Brc1ccc2oc(C=Cc3ccccc3)nc2c1. The molecule has 0 fully saturated rings. The van der Waals surface area contributed by atoms with Crippen molar-refractivity contribution in [1.82, 2.24) is 4.98 Å². The zero-order chi connectivity index (χ0) is 12.4. The van der Waals surface area contributed by atoms with Crippen molar-refractivity contribution in [2.75, 3.05) is 0 Å². The van der Waals surface area contributed by atoms with Crippen LogP contribution in [-0.4, -0.2) is 4.98 Å². The molecule has 0 unspecified atom stereocenters. The summed E-state index contributed by atoms with van der Waals surface area (Å²) in [6, 6.07) is 15.9. The van der Waals surface area contributed by atoms with Crippen molar-refractivity contribution >= 4 is 39.2 Å². The van der Waals surface area contributed by atoms with E-state index < -0.39 is 0 Å². The first-order chi connectivity index (χ1) is 8.81. The highest BCUT2D eigenvalue weighted by Gasteiger charge is 2.02. The molecule has 0 aliphatic carbocycles. The van der Waals surface area contributed by atoms with Gasteiger partial charge in [-0.3, -0.25) is 0 Å². The molecule has 0 spiro atoms. The molecule has 0 aliphatic heterocycles. The molecule has 2 aromatic carbocycles. The van der Waals surface area contributed by atoms with Crippen LogP contribution in [0.25, 0.3) is 23.3 Å². The van der Waals surface area contributed by atoms with Gasteiger partial charge in [0.2, 0.25) is 5.89 Å². The van der Waals surface area contributed by atoms with E-state index in [-0.39, 0.29) is 0 Å². The van der Waals surface area contributed by atoms with Gasteiger partial charge in [-0.2, -0.15) is 0 Å².